The quantitative estimate of drug-likeness (QED) is 0.0682. The summed E-state index contributed by atoms with van der Waals surface area (Å²) in [5.74, 6) is -6.16. The number of ketones is 2. The number of Topliss-reactive ketones (excluding diaryl/α,β-unsaturated/α-hetero) is 2. The molecule has 8 rings (SSSR count). The van der Waals surface area contributed by atoms with Gasteiger partial charge in [-0.3, -0.25) is 67.2 Å². The number of carbonyl (C=O) groups is 11. The van der Waals surface area contributed by atoms with Crippen LogP contribution in [0.4, 0.5) is 11.4 Å². The number of ether oxygens (including phenoxy) is 1. The maximum absolute atomic E-state index is 13.9. The van der Waals surface area contributed by atoms with Crippen molar-refractivity contribution in [1.82, 2.24) is 40.8 Å². The Kier molecular flexibility index (Phi) is 20.0. The number of para-hydroxylation sites is 2. The molecule has 4 aromatic carbocycles. The number of carboxylic acids is 1. The highest BCUT2D eigenvalue weighted by Gasteiger charge is 2.45. The SMILES string of the molecule is COCC(=O)N1C[C@H](NCc2ccc3ccccc3c2)C(=O)N(CC(=O)N[C@H](C=O)CC(C)=O)c2ccccc21.O=C(O)C[C@H](NC(=O)[C@@H]1CCCN2C(=O)CC[C@H](NC(=O)c3ccccc3)C(=O)N12)C(=O)Cn1cnccc1=O. The van der Waals surface area contributed by atoms with E-state index in [1.54, 1.807) is 54.6 Å². The van der Waals surface area contributed by atoms with Crippen LogP contribution in [0.15, 0.2) is 120 Å². The van der Waals surface area contributed by atoms with Crippen molar-refractivity contribution in [2.75, 3.05) is 43.2 Å². The Morgan fingerprint density at radius 2 is 1.51 bits per heavy atom. The van der Waals surface area contributed by atoms with E-state index in [4.69, 9.17) is 4.74 Å². The molecule has 0 bridgehead atoms. The average molecular weight is 1100 g/mol. The Balaban J connectivity index is 0.000000231. The minimum absolute atomic E-state index is 0.0189. The summed E-state index contributed by atoms with van der Waals surface area (Å²) in [4.78, 5) is 158. The number of hydrogen-bond acceptors (Lipinski definition) is 15. The van der Waals surface area contributed by atoms with Gasteiger partial charge in [-0.15, -0.1) is 0 Å². The second-order valence-electron chi connectivity index (χ2n) is 19.1. The molecule has 0 unspecified atom stereocenters. The molecule has 5 N–H and O–H groups in total. The summed E-state index contributed by atoms with van der Waals surface area (Å²) in [6.07, 6.45) is 2.43. The summed E-state index contributed by atoms with van der Waals surface area (Å²) in [5.41, 5.74) is 1.56. The zero-order valence-corrected chi connectivity index (χ0v) is 43.9. The number of nitrogens with one attached hydrogen (secondary N) is 4. The first-order valence-corrected chi connectivity index (χ1v) is 25.7. The van der Waals surface area contributed by atoms with Crippen molar-refractivity contribution in [3.63, 3.8) is 0 Å². The van der Waals surface area contributed by atoms with E-state index in [1.807, 2.05) is 42.5 Å². The van der Waals surface area contributed by atoms with E-state index >= 15 is 0 Å². The molecule has 4 heterocycles. The van der Waals surface area contributed by atoms with Gasteiger partial charge in [-0.25, -0.2) is 9.99 Å². The third-order valence-corrected chi connectivity index (χ3v) is 13.4. The van der Waals surface area contributed by atoms with Gasteiger partial charge in [0.15, 0.2) is 5.78 Å². The molecular weight excluding hydrogens is 1040 g/mol. The molecule has 2 saturated heterocycles. The monoisotopic (exact) mass is 1100 g/mol. The highest BCUT2D eigenvalue weighted by molar-refractivity contribution is 6.10. The van der Waals surface area contributed by atoms with Crippen LogP contribution in [0.2, 0.25) is 0 Å². The van der Waals surface area contributed by atoms with Crippen LogP contribution in [-0.2, 0) is 65.8 Å². The lowest BCUT2D eigenvalue weighted by Crippen LogP contribution is -2.64. The fraction of sp³-hybridized carbons (Fsp3) is 0.339. The third-order valence-electron chi connectivity index (χ3n) is 13.4. The summed E-state index contributed by atoms with van der Waals surface area (Å²) < 4.78 is 6.06. The summed E-state index contributed by atoms with van der Waals surface area (Å²) in [7, 11) is 1.42. The lowest BCUT2D eigenvalue weighted by molar-refractivity contribution is -0.176. The van der Waals surface area contributed by atoms with Crippen molar-refractivity contribution in [2.24, 2.45) is 0 Å². The Hall–Kier alpha value is -9.29. The van der Waals surface area contributed by atoms with Crippen LogP contribution >= 0.6 is 0 Å². The number of aliphatic carboxylic acids is 1. The first-order chi connectivity index (χ1) is 38.5. The van der Waals surface area contributed by atoms with Gasteiger partial charge in [-0.05, 0) is 72.9 Å². The van der Waals surface area contributed by atoms with Crippen LogP contribution in [0, 0.1) is 0 Å². The maximum Gasteiger partial charge on any atom is 0.305 e. The molecule has 5 atom stereocenters. The van der Waals surface area contributed by atoms with E-state index in [0.29, 0.717) is 36.2 Å². The average Bonchev–Trinajstić information content (AvgIpc) is 3.71. The molecule has 0 spiro atoms. The smallest absolute Gasteiger partial charge is 0.305 e. The number of carbonyl (C=O) groups excluding carboxylic acids is 10. The zero-order chi connectivity index (χ0) is 57.5. The molecule has 5 aromatic rings. The Morgan fingerprint density at radius 1 is 0.800 bits per heavy atom. The van der Waals surface area contributed by atoms with E-state index in [9.17, 15) is 62.6 Å². The highest BCUT2D eigenvalue weighted by atomic mass is 16.5. The van der Waals surface area contributed by atoms with Crippen LogP contribution in [0.1, 0.15) is 61.4 Å². The minimum atomic E-state index is -1.51. The van der Waals surface area contributed by atoms with Gasteiger partial charge < -0.3 is 40.8 Å². The molecule has 7 amide bonds. The lowest BCUT2D eigenvalue weighted by Gasteiger charge is -2.43. The number of aromatic nitrogens is 2. The number of fused-ring (bicyclic) bond motifs is 3. The number of methoxy groups -OCH3 is 1. The Morgan fingerprint density at radius 3 is 2.21 bits per heavy atom. The molecule has 3 aliphatic heterocycles. The van der Waals surface area contributed by atoms with Gasteiger partial charge in [0.05, 0.1) is 49.3 Å². The molecule has 80 heavy (non-hydrogen) atoms. The fourth-order valence-corrected chi connectivity index (χ4v) is 9.47. The largest absolute Gasteiger partial charge is 0.481 e. The molecule has 24 nitrogen and oxygen atoms in total. The molecule has 1 aromatic heterocycles. The maximum atomic E-state index is 13.9. The van der Waals surface area contributed by atoms with Crippen LogP contribution in [-0.4, -0.2) is 153 Å². The molecule has 24 heteroatoms. The standard InChI is InChI=1S/C30H32N4O6.C26H28N6O8/c1-20(36)13-24(18-35)32-28(37)17-34-27-10-6-5-9-26(27)33(29(38)19-40-2)16-25(30(34)39)31-15-21-11-12-22-7-3-4-8-23(22)14-21;33-20(14-30-15-27-11-10-21(30)34)18(13-23(36)37)29-25(39)19-7-4-12-31-22(35)9-8-17(26(40)32(19)31)28-24(38)16-5-2-1-3-6-16/h3-12,14,18,24-25,31H,13,15-17,19H2,1-2H3,(H,32,37);1-3,5-6,10-11,15,17-19H,4,7-9,12-14H2,(H,28,38)(H,29,39)(H,36,37)/t24-,25-;17-,18-,19-/m00/s1. The van der Waals surface area contributed by atoms with E-state index in [1.165, 1.54) is 35.0 Å². The summed E-state index contributed by atoms with van der Waals surface area (Å²) >= 11 is 0. The number of hydrogen-bond donors (Lipinski definition) is 5. The first-order valence-electron chi connectivity index (χ1n) is 25.7. The molecule has 0 radical (unpaired) electrons. The summed E-state index contributed by atoms with van der Waals surface area (Å²) in [6.45, 7) is 0.742. The normalized spacial score (nSPS) is 17.7. The topological polar surface area (TPSA) is 313 Å². The second kappa shape index (κ2) is 27.3. The van der Waals surface area contributed by atoms with E-state index < -0.39 is 102 Å². The molecule has 2 fully saturated rings. The van der Waals surface area contributed by atoms with Gasteiger partial charge in [0, 0.05) is 50.9 Å². The zero-order valence-electron chi connectivity index (χ0n) is 43.9. The number of benzene rings is 4. The minimum Gasteiger partial charge on any atom is -0.481 e. The molecule has 418 valence electrons. The highest BCUT2D eigenvalue weighted by Crippen LogP contribution is 2.33. The van der Waals surface area contributed by atoms with Crippen LogP contribution in [0.5, 0.6) is 0 Å². The van der Waals surface area contributed by atoms with E-state index in [2.05, 4.69) is 26.3 Å². The van der Waals surface area contributed by atoms with Crippen molar-refractivity contribution < 1.29 is 62.6 Å². The van der Waals surface area contributed by atoms with E-state index in [-0.39, 0.29) is 57.1 Å². The summed E-state index contributed by atoms with van der Waals surface area (Å²) in [6, 6.07) is 24.4. The first kappa shape index (κ1) is 58.4. The Bertz CT molecular complexity index is 3220. The van der Waals surface area contributed by atoms with Crippen molar-refractivity contribution in [2.45, 2.75) is 88.7 Å². The van der Waals surface area contributed by atoms with Gasteiger partial charge in [-0.1, -0.05) is 66.7 Å². The van der Waals surface area contributed by atoms with E-state index in [0.717, 1.165) is 38.3 Å². The van der Waals surface area contributed by atoms with Crippen molar-refractivity contribution >= 4 is 87.3 Å². The van der Waals surface area contributed by atoms with Gasteiger partial charge in [0.2, 0.25) is 23.6 Å². The third kappa shape index (κ3) is 14.8. The molecule has 0 saturated carbocycles. The molecule has 3 aliphatic rings. The van der Waals surface area contributed by atoms with Crippen molar-refractivity contribution in [3.05, 3.63) is 137 Å². The number of amides is 7. The van der Waals surface area contributed by atoms with Crippen molar-refractivity contribution in [1.29, 1.82) is 0 Å². The predicted octanol–water partition coefficient (Wildman–Crippen LogP) is 1.09. The van der Waals surface area contributed by atoms with Crippen molar-refractivity contribution in [3.8, 4) is 0 Å². The van der Waals surface area contributed by atoms with Gasteiger partial charge in [0.1, 0.15) is 43.3 Å². The van der Waals surface area contributed by atoms with Crippen LogP contribution in [0.3, 0.4) is 0 Å². The van der Waals surface area contributed by atoms with Gasteiger partial charge in [0.25, 0.3) is 23.3 Å². The molecule has 0 aliphatic carbocycles. The summed E-state index contributed by atoms with van der Waals surface area (Å²) in [5, 5.41) is 24.5. The number of rotatable bonds is 20. The van der Waals surface area contributed by atoms with Gasteiger partial charge >= 0.3 is 5.97 Å². The van der Waals surface area contributed by atoms with Crippen LogP contribution < -0.4 is 36.6 Å². The number of nitrogens with zero attached hydrogens (tertiary/aromatic N) is 6. The number of anilines is 2. The second-order valence-corrected chi connectivity index (χ2v) is 19.1. The number of aldehydes is 1. The fourth-order valence-electron chi connectivity index (χ4n) is 9.47. The number of carboxylic acid groups (broad SMARTS) is 1. The lowest BCUT2D eigenvalue weighted by atomic mass is 10.0. The Labute approximate surface area is 458 Å². The predicted molar refractivity (Wildman–Crippen MR) is 287 cm³/mol. The van der Waals surface area contributed by atoms with Gasteiger partial charge in [-0.2, -0.15) is 0 Å². The van der Waals surface area contributed by atoms with Crippen LogP contribution in [0.25, 0.3) is 10.8 Å². The number of hydrazine groups is 1. The molecular formula is C56H60N10O14.